The summed E-state index contributed by atoms with van der Waals surface area (Å²) >= 11 is 3.57. The minimum absolute atomic E-state index is 0.368. The number of anilines is 5. The van der Waals surface area contributed by atoms with Gasteiger partial charge in [-0.15, -0.1) is 0 Å². The van der Waals surface area contributed by atoms with Crippen LogP contribution in [0, 0.1) is 18.8 Å². The van der Waals surface area contributed by atoms with Gasteiger partial charge in [-0.05, 0) is 84.6 Å². The first-order valence-corrected chi connectivity index (χ1v) is 22.2. The fraction of sp³-hybridized carbons (Fsp3) is 0.529. The number of sulfonamides is 1. The molecule has 50 heavy (non-hydrogen) atoms. The number of nitrogens with zero attached hydrogens (tertiary/aromatic N) is 5. The van der Waals surface area contributed by atoms with Crippen molar-refractivity contribution in [2.45, 2.75) is 25.8 Å². The summed E-state index contributed by atoms with van der Waals surface area (Å²) in [6.45, 7) is 11.5. The highest BCUT2D eigenvalue weighted by Gasteiger charge is 2.44. The van der Waals surface area contributed by atoms with E-state index in [9.17, 15) is 13.0 Å². The average molecular weight is 791 g/mol. The van der Waals surface area contributed by atoms with Crippen molar-refractivity contribution in [2.75, 3.05) is 94.7 Å². The maximum Gasteiger partial charge on any atom is 0.229 e. The van der Waals surface area contributed by atoms with Gasteiger partial charge >= 0.3 is 0 Å². The Kier molecular flexibility index (Phi) is 9.74. The van der Waals surface area contributed by atoms with Crippen LogP contribution in [-0.4, -0.2) is 113 Å². The molecule has 4 aliphatic rings. The van der Waals surface area contributed by atoms with E-state index in [1.54, 1.807) is 30.9 Å². The third kappa shape index (κ3) is 7.16. The van der Waals surface area contributed by atoms with Crippen molar-refractivity contribution in [3.63, 3.8) is 0 Å². The molecule has 2 N–H and O–H groups in total. The van der Waals surface area contributed by atoms with Crippen LogP contribution < -0.4 is 35.0 Å². The molecule has 7 rings (SSSR count). The molecule has 5 heterocycles. The third-order valence-corrected chi connectivity index (χ3v) is 13.6. The van der Waals surface area contributed by atoms with Gasteiger partial charge in [0.05, 0.1) is 34.5 Å². The molecule has 270 valence electrons. The Bertz CT molecular complexity index is 1920. The molecule has 13 nitrogen and oxygen atoms in total. The average Bonchev–Trinajstić information content (AvgIpc) is 3.67. The van der Waals surface area contributed by atoms with Crippen molar-refractivity contribution >= 4 is 67.2 Å². The third-order valence-electron chi connectivity index (χ3n) is 10.3. The highest BCUT2D eigenvalue weighted by Crippen LogP contribution is 2.47. The highest BCUT2D eigenvalue weighted by molar-refractivity contribution is 9.10. The van der Waals surface area contributed by atoms with E-state index < -0.39 is 17.2 Å². The number of aromatic nitrogens is 2. The maximum atomic E-state index is 13.4. The molecule has 1 aromatic heterocycles. The normalized spacial score (nSPS) is 21.7. The lowest BCUT2D eigenvalue weighted by Crippen LogP contribution is -2.45. The van der Waals surface area contributed by atoms with Crippen LogP contribution in [0.5, 0.6) is 17.2 Å². The van der Waals surface area contributed by atoms with Crippen molar-refractivity contribution in [3.8, 4) is 17.2 Å². The predicted octanol–water partition coefficient (Wildman–Crippen LogP) is 4.85. The van der Waals surface area contributed by atoms with Crippen LogP contribution in [0.4, 0.5) is 28.8 Å². The topological polar surface area (TPSA) is 138 Å². The molecule has 4 aliphatic heterocycles. The molecule has 3 aromatic rings. The van der Waals surface area contributed by atoms with Crippen molar-refractivity contribution in [3.05, 3.63) is 40.5 Å². The fourth-order valence-corrected chi connectivity index (χ4v) is 10.4. The van der Waals surface area contributed by atoms with Gasteiger partial charge in [0.2, 0.25) is 16.0 Å². The van der Waals surface area contributed by atoms with Crippen molar-refractivity contribution in [2.24, 2.45) is 11.8 Å². The zero-order chi connectivity index (χ0) is 35.4. The summed E-state index contributed by atoms with van der Waals surface area (Å²) in [5.41, 5.74) is 3.62. The second kappa shape index (κ2) is 13.8. The Morgan fingerprint density at radius 2 is 1.70 bits per heavy atom. The first-order valence-electron chi connectivity index (χ1n) is 17.0. The number of aryl methyl sites for hydroxylation is 1. The largest absolute Gasteiger partial charge is 0.494 e. The molecule has 16 heteroatoms. The van der Waals surface area contributed by atoms with Crippen LogP contribution in [0.15, 0.2) is 34.9 Å². The van der Waals surface area contributed by atoms with Crippen LogP contribution in [0.2, 0.25) is 0 Å². The van der Waals surface area contributed by atoms with Crippen molar-refractivity contribution in [1.82, 2.24) is 19.2 Å². The molecular formula is C34H45BrN7O6PS. The van der Waals surface area contributed by atoms with Gasteiger partial charge < -0.3 is 34.3 Å². The van der Waals surface area contributed by atoms with E-state index in [4.69, 9.17) is 19.2 Å². The van der Waals surface area contributed by atoms with E-state index in [0.717, 1.165) is 56.0 Å². The summed E-state index contributed by atoms with van der Waals surface area (Å²) in [5.74, 6) is 3.51. The Morgan fingerprint density at radius 1 is 1.00 bits per heavy atom. The zero-order valence-corrected chi connectivity index (χ0v) is 32.4. The first kappa shape index (κ1) is 35.3. The predicted molar refractivity (Wildman–Crippen MR) is 201 cm³/mol. The van der Waals surface area contributed by atoms with Gasteiger partial charge in [-0.25, -0.2) is 17.7 Å². The lowest BCUT2D eigenvalue weighted by molar-refractivity contribution is 0.173. The second-order valence-electron chi connectivity index (χ2n) is 14.1. The van der Waals surface area contributed by atoms with Gasteiger partial charge in [0.15, 0.2) is 11.5 Å². The fourth-order valence-electron chi connectivity index (χ4n) is 7.81. The molecule has 0 bridgehead atoms. The molecule has 0 saturated carbocycles. The molecule has 0 amide bonds. The molecule has 0 radical (unpaired) electrons. The number of piperidine rings is 1. The number of fused-ring (bicyclic) bond motifs is 2. The number of hydrogen-bond acceptors (Lipinski definition) is 12. The first-order chi connectivity index (χ1) is 23.8. The van der Waals surface area contributed by atoms with Crippen LogP contribution in [0.3, 0.4) is 0 Å². The molecule has 3 saturated heterocycles. The summed E-state index contributed by atoms with van der Waals surface area (Å²) in [4.78, 5) is 14.3. The van der Waals surface area contributed by atoms with E-state index >= 15 is 0 Å². The number of benzene rings is 2. The summed E-state index contributed by atoms with van der Waals surface area (Å²) < 4.78 is 57.3. The second-order valence-corrected chi connectivity index (χ2v) is 20.1. The van der Waals surface area contributed by atoms with Gasteiger partial charge in [0.1, 0.15) is 31.9 Å². The van der Waals surface area contributed by atoms with Crippen LogP contribution in [0.25, 0.3) is 0 Å². The number of nitrogens with one attached hydrogen (secondary N) is 2. The van der Waals surface area contributed by atoms with Gasteiger partial charge in [0.25, 0.3) is 0 Å². The maximum absolute atomic E-state index is 13.4. The van der Waals surface area contributed by atoms with Gasteiger partial charge in [-0.1, -0.05) is 0 Å². The van der Waals surface area contributed by atoms with Crippen LogP contribution >= 0.6 is 23.1 Å². The Labute approximate surface area is 302 Å². The Hall–Kier alpha value is -3.10. The molecule has 2 atom stereocenters. The number of methoxy groups -OCH3 is 1. The van der Waals surface area contributed by atoms with E-state index in [1.165, 1.54) is 6.26 Å². The van der Waals surface area contributed by atoms with Crippen LogP contribution in [-0.2, 0) is 14.6 Å². The van der Waals surface area contributed by atoms with Gasteiger partial charge in [-0.2, -0.15) is 4.98 Å². The standard InChI is InChI=1S/C34H45BrN7O6PS/c1-21-14-27(38-34-36-16-25(35)33(39-34)37-26-6-7-29-31(48-13-12-47-29)32(26)49(3,4)43)30(46-2)15-28(21)40-10-8-24(9-11-40)41-17-22-19-42(50(5,44)45)20-23(22)18-41/h6-7,14-16,22-24H,8-13,17-20H2,1-5H3,(H2,36,37,38,39). The molecular weight excluding hydrogens is 745 g/mol. The summed E-state index contributed by atoms with van der Waals surface area (Å²) in [5, 5.41) is 7.27. The number of ether oxygens (including phenoxy) is 3. The number of halogens is 1. The quantitative estimate of drug-likeness (QED) is 0.287. The minimum atomic E-state index is -3.11. The summed E-state index contributed by atoms with van der Waals surface area (Å²) in [6, 6.07) is 8.32. The summed E-state index contributed by atoms with van der Waals surface area (Å²) in [7, 11) is -4.23. The van der Waals surface area contributed by atoms with Gasteiger partial charge in [-0.3, -0.25) is 4.90 Å². The number of hydrogen-bond donors (Lipinski definition) is 2. The van der Waals surface area contributed by atoms with E-state index in [-0.39, 0.29) is 0 Å². The Morgan fingerprint density at radius 3 is 2.36 bits per heavy atom. The van der Waals surface area contributed by atoms with Gasteiger partial charge in [0, 0.05) is 63.3 Å². The van der Waals surface area contributed by atoms with Crippen molar-refractivity contribution in [1.29, 1.82) is 0 Å². The molecule has 3 fully saturated rings. The highest BCUT2D eigenvalue weighted by atomic mass is 79.9. The lowest BCUT2D eigenvalue weighted by Gasteiger charge is -2.39. The smallest absolute Gasteiger partial charge is 0.229 e. The summed E-state index contributed by atoms with van der Waals surface area (Å²) in [6.07, 6.45) is 5.12. The van der Waals surface area contributed by atoms with Crippen LogP contribution in [0.1, 0.15) is 18.4 Å². The molecule has 0 spiro atoms. The molecule has 0 aliphatic carbocycles. The number of likely N-dealkylation sites (tertiary alicyclic amines) is 1. The zero-order valence-electron chi connectivity index (χ0n) is 29.1. The molecule has 2 aromatic carbocycles. The lowest BCUT2D eigenvalue weighted by atomic mass is 10.0. The molecule has 2 unspecified atom stereocenters. The monoisotopic (exact) mass is 789 g/mol. The SMILES string of the molecule is COc1cc(N2CCC(N3CC4CN(S(C)(=O)=O)CC4C3)CC2)c(C)cc1Nc1ncc(Br)c(Nc2ccc3c(c2P(C)(C)=O)OCCO3)n1. The minimum Gasteiger partial charge on any atom is -0.494 e. The van der Waals surface area contributed by atoms with E-state index in [0.29, 0.717) is 88.7 Å². The Balaban J connectivity index is 1.03. The van der Waals surface area contributed by atoms with E-state index in [1.807, 2.05) is 12.1 Å². The van der Waals surface area contributed by atoms with E-state index in [2.05, 4.69) is 60.4 Å². The van der Waals surface area contributed by atoms with Crippen molar-refractivity contribution < 1.29 is 27.2 Å². The number of rotatable bonds is 9.